The number of halogens is 1. The quantitative estimate of drug-likeness (QED) is 0.491. The monoisotopic (exact) mass is 228 g/mol. The average Bonchev–Trinajstić information content (AvgIpc) is 2.20. The molecule has 0 amide bonds. The minimum atomic E-state index is -0.654. The maximum atomic E-state index is 11.4. The predicted octanol–water partition coefficient (Wildman–Crippen LogP) is 2.56. The van der Waals surface area contributed by atoms with Crippen LogP contribution in [0.4, 0.5) is 0 Å². The van der Waals surface area contributed by atoms with Gasteiger partial charge in [-0.15, -0.1) is 11.6 Å². The van der Waals surface area contributed by atoms with Gasteiger partial charge in [-0.2, -0.15) is 0 Å². The van der Waals surface area contributed by atoms with Gasteiger partial charge in [-0.25, -0.2) is 0 Å². The number of esters is 1. The molecule has 15 heavy (non-hydrogen) atoms. The Kier molecular flexibility index (Phi) is 3.97. The average molecular weight is 229 g/mol. The Hall–Kier alpha value is -1.22. The van der Waals surface area contributed by atoms with Crippen molar-refractivity contribution in [2.24, 2.45) is 5.92 Å². The van der Waals surface area contributed by atoms with Crippen LogP contribution in [0, 0.1) is 5.92 Å². The number of alkyl halides is 1. The van der Waals surface area contributed by atoms with Gasteiger partial charge in [-0.1, -0.05) is 13.8 Å². The molecule has 1 atom stereocenters. The van der Waals surface area contributed by atoms with Crippen molar-refractivity contribution < 1.29 is 14.6 Å². The molecule has 0 aliphatic carbocycles. The Labute approximate surface area is 93.6 Å². The van der Waals surface area contributed by atoms with E-state index in [1.807, 2.05) is 13.8 Å². The number of carbonyl (C=O) groups is 1. The van der Waals surface area contributed by atoms with Crippen molar-refractivity contribution in [2.75, 3.05) is 0 Å². The number of aromatic hydroxyl groups is 1. The SMILES string of the molecule is CC(C)C(Cl)C(=O)Oc1ccc(O)cc1. The summed E-state index contributed by atoms with van der Waals surface area (Å²) < 4.78 is 5.01. The van der Waals surface area contributed by atoms with Crippen LogP contribution in [-0.2, 0) is 4.79 Å². The maximum Gasteiger partial charge on any atom is 0.329 e. The van der Waals surface area contributed by atoms with Crippen LogP contribution in [0.25, 0.3) is 0 Å². The zero-order chi connectivity index (χ0) is 11.4. The minimum absolute atomic E-state index is 0.0243. The van der Waals surface area contributed by atoms with Crippen molar-refractivity contribution in [3.05, 3.63) is 24.3 Å². The second kappa shape index (κ2) is 5.03. The Morgan fingerprint density at radius 2 is 1.87 bits per heavy atom. The predicted molar refractivity (Wildman–Crippen MR) is 58.2 cm³/mol. The highest BCUT2D eigenvalue weighted by molar-refractivity contribution is 6.30. The molecule has 0 fully saturated rings. The highest BCUT2D eigenvalue weighted by atomic mass is 35.5. The van der Waals surface area contributed by atoms with Crippen LogP contribution in [0.2, 0.25) is 0 Å². The molecular weight excluding hydrogens is 216 g/mol. The number of carbonyl (C=O) groups excluding carboxylic acids is 1. The number of rotatable bonds is 3. The molecule has 1 unspecified atom stereocenters. The highest BCUT2D eigenvalue weighted by Crippen LogP contribution is 2.18. The lowest BCUT2D eigenvalue weighted by molar-refractivity contribution is -0.134. The molecular formula is C11H13ClO3. The molecule has 0 spiro atoms. The third-order valence-corrected chi connectivity index (χ3v) is 2.55. The van der Waals surface area contributed by atoms with E-state index in [4.69, 9.17) is 21.4 Å². The normalized spacial score (nSPS) is 12.5. The van der Waals surface area contributed by atoms with Gasteiger partial charge in [0.2, 0.25) is 0 Å². The van der Waals surface area contributed by atoms with E-state index in [-0.39, 0.29) is 11.7 Å². The first kappa shape index (κ1) is 11.9. The third-order valence-electron chi connectivity index (χ3n) is 1.87. The van der Waals surface area contributed by atoms with Gasteiger partial charge >= 0.3 is 5.97 Å². The van der Waals surface area contributed by atoms with Crippen molar-refractivity contribution in [3.63, 3.8) is 0 Å². The second-order valence-electron chi connectivity index (χ2n) is 3.56. The van der Waals surface area contributed by atoms with Gasteiger partial charge in [0.25, 0.3) is 0 Å². The van der Waals surface area contributed by atoms with E-state index >= 15 is 0 Å². The summed E-state index contributed by atoms with van der Waals surface area (Å²) in [5, 5.41) is 8.37. The standard InChI is InChI=1S/C11H13ClO3/c1-7(2)10(12)11(14)15-9-5-3-8(13)4-6-9/h3-7,10,13H,1-2H3. The van der Waals surface area contributed by atoms with Crippen molar-refractivity contribution in [1.82, 2.24) is 0 Å². The van der Waals surface area contributed by atoms with E-state index in [0.29, 0.717) is 5.75 Å². The molecule has 0 saturated carbocycles. The first-order valence-electron chi connectivity index (χ1n) is 4.65. The molecule has 0 aliphatic heterocycles. The number of ether oxygens (including phenoxy) is 1. The smallest absolute Gasteiger partial charge is 0.329 e. The van der Waals surface area contributed by atoms with E-state index in [2.05, 4.69) is 0 Å². The molecule has 1 N–H and O–H groups in total. The van der Waals surface area contributed by atoms with E-state index in [1.165, 1.54) is 24.3 Å². The van der Waals surface area contributed by atoms with E-state index in [9.17, 15) is 4.79 Å². The largest absolute Gasteiger partial charge is 0.508 e. The zero-order valence-electron chi connectivity index (χ0n) is 8.61. The first-order chi connectivity index (χ1) is 7.00. The fourth-order valence-electron chi connectivity index (χ4n) is 0.959. The van der Waals surface area contributed by atoms with Gasteiger partial charge in [0, 0.05) is 0 Å². The molecule has 0 aliphatic rings. The second-order valence-corrected chi connectivity index (χ2v) is 4.03. The van der Waals surface area contributed by atoms with E-state index in [0.717, 1.165) is 0 Å². The molecule has 0 saturated heterocycles. The molecule has 0 heterocycles. The van der Waals surface area contributed by atoms with Gasteiger partial charge in [-0.3, -0.25) is 4.79 Å². The summed E-state index contributed by atoms with van der Waals surface area (Å²) in [5.41, 5.74) is 0. The summed E-state index contributed by atoms with van der Waals surface area (Å²) in [4.78, 5) is 11.4. The zero-order valence-corrected chi connectivity index (χ0v) is 9.36. The lowest BCUT2D eigenvalue weighted by atomic mass is 10.1. The fraction of sp³-hybridized carbons (Fsp3) is 0.364. The van der Waals surface area contributed by atoms with Gasteiger partial charge in [0.1, 0.15) is 16.9 Å². The molecule has 0 aromatic heterocycles. The summed E-state index contributed by atoms with van der Waals surface area (Å²) in [6.07, 6.45) is 0. The topological polar surface area (TPSA) is 46.5 Å². The van der Waals surface area contributed by atoms with Crippen LogP contribution < -0.4 is 4.74 Å². The maximum absolute atomic E-state index is 11.4. The molecule has 1 aromatic rings. The van der Waals surface area contributed by atoms with Gasteiger partial charge in [0.05, 0.1) is 0 Å². The van der Waals surface area contributed by atoms with Crippen LogP contribution in [0.15, 0.2) is 24.3 Å². The Balaban J connectivity index is 2.62. The van der Waals surface area contributed by atoms with Gasteiger partial charge in [-0.05, 0) is 30.2 Å². The number of hydrogen-bond acceptors (Lipinski definition) is 3. The van der Waals surface area contributed by atoms with Crippen molar-refractivity contribution in [3.8, 4) is 11.5 Å². The molecule has 1 rings (SSSR count). The molecule has 4 heteroatoms. The van der Waals surface area contributed by atoms with Crippen molar-refractivity contribution in [2.45, 2.75) is 19.2 Å². The lowest BCUT2D eigenvalue weighted by Gasteiger charge is -2.12. The minimum Gasteiger partial charge on any atom is -0.508 e. The van der Waals surface area contributed by atoms with Crippen molar-refractivity contribution >= 4 is 17.6 Å². The highest BCUT2D eigenvalue weighted by Gasteiger charge is 2.21. The number of phenolic OH excluding ortho intramolecular Hbond substituents is 1. The summed E-state index contributed by atoms with van der Waals surface area (Å²) in [7, 11) is 0. The van der Waals surface area contributed by atoms with Gasteiger partial charge < -0.3 is 9.84 Å². The molecule has 0 radical (unpaired) electrons. The van der Waals surface area contributed by atoms with Crippen LogP contribution in [0.5, 0.6) is 11.5 Å². The number of hydrogen-bond donors (Lipinski definition) is 1. The Morgan fingerprint density at radius 3 is 2.33 bits per heavy atom. The van der Waals surface area contributed by atoms with Crippen LogP contribution >= 0.6 is 11.6 Å². The fourth-order valence-corrected chi connectivity index (χ4v) is 1.00. The van der Waals surface area contributed by atoms with E-state index in [1.54, 1.807) is 0 Å². The summed E-state index contributed by atoms with van der Waals surface area (Å²) in [5.74, 6) is 0.0545. The first-order valence-corrected chi connectivity index (χ1v) is 5.09. The molecule has 1 aromatic carbocycles. The summed E-state index contributed by atoms with van der Waals surface area (Å²) in [6, 6.07) is 5.91. The lowest BCUT2D eigenvalue weighted by Crippen LogP contribution is -2.25. The van der Waals surface area contributed by atoms with E-state index < -0.39 is 11.3 Å². The van der Waals surface area contributed by atoms with Gasteiger partial charge in [0.15, 0.2) is 0 Å². The summed E-state index contributed by atoms with van der Waals surface area (Å²) in [6.45, 7) is 3.69. The molecule has 3 nitrogen and oxygen atoms in total. The molecule has 0 bridgehead atoms. The van der Waals surface area contributed by atoms with Crippen LogP contribution in [-0.4, -0.2) is 16.5 Å². The Bertz CT molecular complexity index is 332. The summed E-state index contributed by atoms with van der Waals surface area (Å²) >= 11 is 5.82. The van der Waals surface area contributed by atoms with Crippen LogP contribution in [0.3, 0.4) is 0 Å². The number of phenols is 1. The molecule has 82 valence electrons. The van der Waals surface area contributed by atoms with Crippen molar-refractivity contribution in [1.29, 1.82) is 0 Å². The third kappa shape index (κ3) is 3.44. The number of benzene rings is 1. The Morgan fingerprint density at radius 1 is 1.33 bits per heavy atom. The van der Waals surface area contributed by atoms with Crippen LogP contribution in [0.1, 0.15) is 13.8 Å².